The molecule has 0 aromatic heterocycles. The SMILES string of the molecule is OC[C@H](O)COCCCCOC[C@H]1CO1. The Hall–Kier alpha value is -0.200. The number of hydrogen-bond acceptors (Lipinski definition) is 5. The van der Waals surface area contributed by atoms with Gasteiger partial charge in [0.1, 0.15) is 12.2 Å². The van der Waals surface area contributed by atoms with Crippen molar-refractivity contribution >= 4 is 0 Å². The van der Waals surface area contributed by atoms with Crippen LogP contribution in [0.4, 0.5) is 0 Å². The highest BCUT2D eigenvalue weighted by Gasteiger charge is 2.21. The van der Waals surface area contributed by atoms with Crippen molar-refractivity contribution in [1.29, 1.82) is 0 Å². The molecule has 0 radical (unpaired) electrons. The molecule has 0 aromatic carbocycles. The van der Waals surface area contributed by atoms with E-state index in [9.17, 15) is 0 Å². The Morgan fingerprint density at radius 3 is 2.53 bits per heavy atom. The van der Waals surface area contributed by atoms with E-state index < -0.39 is 6.10 Å². The monoisotopic (exact) mass is 220 g/mol. The molecule has 0 amide bonds. The molecule has 1 aliphatic heterocycles. The summed E-state index contributed by atoms with van der Waals surface area (Å²) in [6, 6.07) is 0. The quantitative estimate of drug-likeness (QED) is 0.385. The van der Waals surface area contributed by atoms with Crippen molar-refractivity contribution in [1.82, 2.24) is 0 Å². The first kappa shape index (κ1) is 12.9. The van der Waals surface area contributed by atoms with Crippen LogP contribution in [0.15, 0.2) is 0 Å². The summed E-state index contributed by atoms with van der Waals surface area (Å²) in [7, 11) is 0. The van der Waals surface area contributed by atoms with Crippen LogP contribution in [0.3, 0.4) is 0 Å². The number of aliphatic hydroxyl groups excluding tert-OH is 2. The molecule has 5 heteroatoms. The normalized spacial score (nSPS) is 21.6. The Kier molecular flexibility index (Phi) is 6.87. The molecule has 90 valence electrons. The van der Waals surface area contributed by atoms with Gasteiger partial charge < -0.3 is 24.4 Å². The van der Waals surface area contributed by atoms with E-state index in [1.165, 1.54) is 0 Å². The first-order valence-electron chi connectivity index (χ1n) is 5.39. The fourth-order valence-electron chi connectivity index (χ4n) is 1.06. The molecule has 2 N–H and O–H groups in total. The van der Waals surface area contributed by atoms with E-state index in [0.717, 1.165) is 26.1 Å². The predicted octanol–water partition coefficient (Wildman–Crippen LogP) is -0.448. The summed E-state index contributed by atoms with van der Waals surface area (Å²) in [4.78, 5) is 0. The maximum Gasteiger partial charge on any atom is 0.104 e. The molecular weight excluding hydrogens is 200 g/mol. The fourth-order valence-corrected chi connectivity index (χ4v) is 1.06. The smallest absolute Gasteiger partial charge is 0.104 e. The van der Waals surface area contributed by atoms with Crippen molar-refractivity contribution in [2.45, 2.75) is 25.0 Å². The zero-order chi connectivity index (χ0) is 10.9. The molecule has 1 saturated heterocycles. The topological polar surface area (TPSA) is 71.5 Å². The minimum atomic E-state index is -0.756. The third kappa shape index (κ3) is 7.70. The van der Waals surface area contributed by atoms with E-state index in [2.05, 4.69) is 0 Å². The van der Waals surface area contributed by atoms with Gasteiger partial charge >= 0.3 is 0 Å². The lowest BCUT2D eigenvalue weighted by molar-refractivity contribution is 0.00362. The highest BCUT2D eigenvalue weighted by Crippen LogP contribution is 2.08. The summed E-state index contributed by atoms with van der Waals surface area (Å²) in [5.74, 6) is 0. The summed E-state index contributed by atoms with van der Waals surface area (Å²) >= 11 is 0. The van der Waals surface area contributed by atoms with Crippen molar-refractivity contribution in [3.63, 3.8) is 0 Å². The predicted molar refractivity (Wildman–Crippen MR) is 53.7 cm³/mol. The molecule has 0 saturated carbocycles. The molecule has 1 rings (SSSR count). The third-order valence-corrected chi connectivity index (χ3v) is 2.05. The molecular formula is C10H20O5. The Labute approximate surface area is 89.9 Å². The highest BCUT2D eigenvalue weighted by atomic mass is 16.6. The van der Waals surface area contributed by atoms with Crippen LogP contribution in [0.5, 0.6) is 0 Å². The van der Waals surface area contributed by atoms with E-state index in [0.29, 0.717) is 19.3 Å². The van der Waals surface area contributed by atoms with Gasteiger partial charge in [0.15, 0.2) is 0 Å². The molecule has 15 heavy (non-hydrogen) atoms. The molecule has 1 heterocycles. The summed E-state index contributed by atoms with van der Waals surface area (Å²) in [5, 5.41) is 17.5. The summed E-state index contributed by atoms with van der Waals surface area (Å²) in [5.41, 5.74) is 0. The van der Waals surface area contributed by atoms with Gasteiger partial charge in [-0.2, -0.15) is 0 Å². The second kappa shape index (κ2) is 8.01. The van der Waals surface area contributed by atoms with E-state index in [4.69, 9.17) is 24.4 Å². The number of rotatable bonds is 10. The van der Waals surface area contributed by atoms with Gasteiger partial charge in [0.2, 0.25) is 0 Å². The van der Waals surface area contributed by atoms with Gasteiger partial charge in [0.25, 0.3) is 0 Å². The van der Waals surface area contributed by atoms with Crippen LogP contribution < -0.4 is 0 Å². The minimum absolute atomic E-state index is 0.202. The van der Waals surface area contributed by atoms with E-state index in [1.807, 2.05) is 0 Å². The maximum atomic E-state index is 8.95. The van der Waals surface area contributed by atoms with Crippen LogP contribution in [0.1, 0.15) is 12.8 Å². The Morgan fingerprint density at radius 1 is 1.27 bits per heavy atom. The standard InChI is InChI=1S/C10H20O5/c11-5-9(12)6-13-3-1-2-4-14-7-10-8-15-10/h9-12H,1-8H2/t9-,10-/m0/s1. The second-order valence-corrected chi connectivity index (χ2v) is 3.65. The van der Waals surface area contributed by atoms with E-state index in [-0.39, 0.29) is 13.2 Å². The molecule has 2 atom stereocenters. The lowest BCUT2D eigenvalue weighted by atomic mass is 10.3. The van der Waals surface area contributed by atoms with Gasteiger partial charge in [-0.05, 0) is 12.8 Å². The average Bonchev–Trinajstić information content (AvgIpc) is 3.05. The van der Waals surface area contributed by atoms with Crippen molar-refractivity contribution in [3.05, 3.63) is 0 Å². The van der Waals surface area contributed by atoms with E-state index in [1.54, 1.807) is 0 Å². The van der Waals surface area contributed by atoms with Gasteiger partial charge in [-0.3, -0.25) is 0 Å². The minimum Gasteiger partial charge on any atom is -0.394 e. The van der Waals surface area contributed by atoms with Gasteiger partial charge in [0, 0.05) is 13.2 Å². The molecule has 0 spiro atoms. The summed E-state index contributed by atoms with van der Waals surface area (Å²) in [6.07, 6.45) is 1.43. The van der Waals surface area contributed by atoms with Gasteiger partial charge in [0.05, 0.1) is 26.4 Å². The van der Waals surface area contributed by atoms with Crippen molar-refractivity contribution < 1.29 is 24.4 Å². The lowest BCUT2D eigenvalue weighted by Gasteiger charge is -2.07. The average molecular weight is 220 g/mol. The van der Waals surface area contributed by atoms with E-state index >= 15 is 0 Å². The van der Waals surface area contributed by atoms with Crippen LogP contribution in [-0.4, -0.2) is 62.1 Å². The fraction of sp³-hybridized carbons (Fsp3) is 1.00. The largest absolute Gasteiger partial charge is 0.394 e. The Bertz CT molecular complexity index is 149. The van der Waals surface area contributed by atoms with Crippen LogP contribution in [-0.2, 0) is 14.2 Å². The second-order valence-electron chi connectivity index (χ2n) is 3.65. The van der Waals surface area contributed by atoms with Crippen molar-refractivity contribution in [2.24, 2.45) is 0 Å². The van der Waals surface area contributed by atoms with Crippen molar-refractivity contribution in [3.8, 4) is 0 Å². The van der Waals surface area contributed by atoms with Gasteiger partial charge in [-0.25, -0.2) is 0 Å². The first-order chi connectivity index (χ1) is 7.33. The number of hydrogen-bond donors (Lipinski definition) is 2. The Balaban J connectivity index is 1.68. The molecule has 1 fully saturated rings. The van der Waals surface area contributed by atoms with Crippen LogP contribution >= 0.6 is 0 Å². The molecule has 0 aliphatic carbocycles. The maximum absolute atomic E-state index is 8.95. The third-order valence-electron chi connectivity index (χ3n) is 2.05. The number of aliphatic hydroxyl groups is 2. The zero-order valence-electron chi connectivity index (χ0n) is 8.93. The van der Waals surface area contributed by atoms with Crippen molar-refractivity contribution in [2.75, 3.05) is 39.6 Å². The van der Waals surface area contributed by atoms with Gasteiger partial charge in [-0.15, -0.1) is 0 Å². The highest BCUT2D eigenvalue weighted by molar-refractivity contribution is 4.66. The molecule has 1 aliphatic rings. The lowest BCUT2D eigenvalue weighted by Crippen LogP contribution is -2.19. The summed E-state index contributed by atoms with van der Waals surface area (Å²) < 4.78 is 15.5. The molecule has 5 nitrogen and oxygen atoms in total. The summed E-state index contributed by atoms with van der Waals surface area (Å²) in [6.45, 7) is 2.82. The zero-order valence-corrected chi connectivity index (χ0v) is 8.93. The first-order valence-corrected chi connectivity index (χ1v) is 5.39. The van der Waals surface area contributed by atoms with Gasteiger partial charge in [-0.1, -0.05) is 0 Å². The molecule has 0 unspecified atom stereocenters. The van der Waals surface area contributed by atoms with Crippen LogP contribution in [0, 0.1) is 0 Å². The Morgan fingerprint density at radius 2 is 1.93 bits per heavy atom. The van der Waals surface area contributed by atoms with Crippen LogP contribution in [0.25, 0.3) is 0 Å². The number of epoxide rings is 1. The molecule has 0 aromatic rings. The van der Waals surface area contributed by atoms with Crippen LogP contribution in [0.2, 0.25) is 0 Å². The molecule has 0 bridgehead atoms. The number of ether oxygens (including phenoxy) is 3. The number of unbranched alkanes of at least 4 members (excludes halogenated alkanes) is 1.